The summed E-state index contributed by atoms with van der Waals surface area (Å²) in [6.45, 7) is 0. The molecule has 0 saturated heterocycles. The highest BCUT2D eigenvalue weighted by Crippen LogP contribution is 2.23. The van der Waals surface area contributed by atoms with Gasteiger partial charge in [-0.15, -0.1) is 11.3 Å². The third-order valence-electron chi connectivity index (χ3n) is 2.69. The van der Waals surface area contributed by atoms with Gasteiger partial charge in [0.15, 0.2) is 4.96 Å². The van der Waals surface area contributed by atoms with E-state index in [2.05, 4.69) is 25.6 Å². The molecule has 3 rings (SSSR count). The number of fused-ring (bicyclic) bond motifs is 1. The number of anilines is 1. The number of benzene rings is 1. The summed E-state index contributed by atoms with van der Waals surface area (Å²) < 4.78 is 27.2. The Morgan fingerprint density at radius 1 is 1.30 bits per heavy atom. The quantitative estimate of drug-likeness (QED) is 0.716. The molecule has 8 heteroatoms. The Bertz CT molecular complexity index is 809. The molecule has 1 aromatic carbocycles. The first-order valence-corrected chi connectivity index (χ1v) is 9.32. The Labute approximate surface area is 128 Å². The van der Waals surface area contributed by atoms with E-state index in [9.17, 15) is 8.42 Å². The van der Waals surface area contributed by atoms with E-state index in [-0.39, 0.29) is 4.66 Å². The Kier molecular flexibility index (Phi) is 3.53. The smallest absolute Gasteiger partial charge is 0.242 e. The summed E-state index contributed by atoms with van der Waals surface area (Å²) in [5, 5.41) is 1.98. The van der Waals surface area contributed by atoms with Crippen molar-refractivity contribution in [3.63, 3.8) is 0 Å². The molecular weight excluding hydrogens is 362 g/mol. The van der Waals surface area contributed by atoms with E-state index in [1.807, 2.05) is 34.3 Å². The largest absolute Gasteiger partial charge is 0.297 e. The van der Waals surface area contributed by atoms with Crippen LogP contribution in [-0.4, -0.2) is 22.5 Å². The van der Waals surface area contributed by atoms with Crippen molar-refractivity contribution in [2.45, 2.75) is 0 Å². The number of sulfonamides is 1. The van der Waals surface area contributed by atoms with Gasteiger partial charge in [-0.05, 0) is 12.1 Å². The highest BCUT2D eigenvalue weighted by Gasteiger charge is 2.09. The van der Waals surface area contributed by atoms with E-state index in [1.165, 1.54) is 0 Å². The van der Waals surface area contributed by atoms with Crippen molar-refractivity contribution in [3.05, 3.63) is 42.0 Å². The summed E-state index contributed by atoms with van der Waals surface area (Å²) in [5.74, 6) is 0. The highest BCUT2D eigenvalue weighted by molar-refractivity contribution is 9.10. The van der Waals surface area contributed by atoms with Gasteiger partial charge < -0.3 is 0 Å². The maximum absolute atomic E-state index is 11.4. The SMILES string of the molecule is O=S(=O)(CBr)Nc1ccc(-c2cn3ccsc3n2)cc1. The predicted molar refractivity (Wildman–Crippen MR) is 84.8 cm³/mol. The third kappa shape index (κ3) is 2.72. The number of imidazole rings is 1. The average Bonchev–Trinajstić information content (AvgIpc) is 3.00. The summed E-state index contributed by atoms with van der Waals surface area (Å²) in [6.07, 6.45) is 3.90. The van der Waals surface area contributed by atoms with Crippen LogP contribution in [0.2, 0.25) is 0 Å². The van der Waals surface area contributed by atoms with Crippen LogP contribution in [-0.2, 0) is 10.0 Å². The predicted octanol–water partition coefficient (Wildman–Crippen LogP) is 3.16. The molecule has 2 heterocycles. The molecular formula is C12H10BrN3O2S2. The monoisotopic (exact) mass is 371 g/mol. The zero-order chi connectivity index (χ0) is 14.2. The van der Waals surface area contributed by atoms with Crippen LogP contribution < -0.4 is 4.72 Å². The molecule has 0 atom stereocenters. The summed E-state index contributed by atoms with van der Waals surface area (Å²) in [7, 11) is -3.31. The van der Waals surface area contributed by atoms with Gasteiger partial charge >= 0.3 is 0 Å². The van der Waals surface area contributed by atoms with Crippen LogP contribution in [0, 0.1) is 0 Å². The molecule has 3 aromatic rings. The first kappa shape index (κ1) is 13.6. The maximum Gasteiger partial charge on any atom is 0.242 e. The molecule has 0 radical (unpaired) electrons. The van der Waals surface area contributed by atoms with Gasteiger partial charge in [-0.3, -0.25) is 9.12 Å². The van der Waals surface area contributed by atoms with E-state index in [0.29, 0.717) is 5.69 Å². The number of aromatic nitrogens is 2. The molecule has 0 saturated carbocycles. The summed E-state index contributed by atoms with van der Waals surface area (Å²) in [5.41, 5.74) is 2.35. The minimum atomic E-state index is -3.31. The molecule has 0 fully saturated rings. The van der Waals surface area contributed by atoms with Gasteiger partial charge in [-0.1, -0.05) is 28.1 Å². The topological polar surface area (TPSA) is 63.5 Å². The van der Waals surface area contributed by atoms with Gasteiger partial charge in [0, 0.05) is 29.0 Å². The second-order valence-corrected chi connectivity index (χ2v) is 8.02. The summed E-state index contributed by atoms with van der Waals surface area (Å²) in [4.78, 5) is 5.43. The number of thiazole rings is 1. The Morgan fingerprint density at radius 3 is 2.70 bits per heavy atom. The van der Waals surface area contributed by atoms with Crippen molar-refractivity contribution < 1.29 is 8.42 Å². The highest BCUT2D eigenvalue weighted by atomic mass is 79.9. The number of hydrogen-bond donors (Lipinski definition) is 1. The molecule has 2 aromatic heterocycles. The molecule has 0 unspecified atom stereocenters. The van der Waals surface area contributed by atoms with Crippen molar-refractivity contribution in [3.8, 4) is 11.3 Å². The van der Waals surface area contributed by atoms with Crippen LogP contribution in [0.15, 0.2) is 42.0 Å². The first-order valence-electron chi connectivity index (χ1n) is 5.66. The zero-order valence-electron chi connectivity index (χ0n) is 10.2. The van der Waals surface area contributed by atoms with Crippen LogP contribution >= 0.6 is 27.3 Å². The number of hydrogen-bond acceptors (Lipinski definition) is 4. The van der Waals surface area contributed by atoms with Crippen molar-refractivity contribution >= 4 is 47.9 Å². The van der Waals surface area contributed by atoms with Crippen molar-refractivity contribution in [2.75, 3.05) is 9.38 Å². The molecule has 0 aliphatic heterocycles. The average molecular weight is 372 g/mol. The Morgan fingerprint density at radius 2 is 2.05 bits per heavy atom. The second-order valence-electron chi connectivity index (χ2n) is 4.12. The van der Waals surface area contributed by atoms with E-state index in [4.69, 9.17) is 0 Å². The van der Waals surface area contributed by atoms with E-state index in [1.54, 1.807) is 23.5 Å². The minimum Gasteiger partial charge on any atom is -0.297 e. The van der Waals surface area contributed by atoms with Gasteiger partial charge in [-0.25, -0.2) is 13.4 Å². The summed E-state index contributed by atoms with van der Waals surface area (Å²) >= 11 is 4.50. The fraction of sp³-hybridized carbons (Fsp3) is 0.0833. The van der Waals surface area contributed by atoms with E-state index >= 15 is 0 Å². The van der Waals surface area contributed by atoms with Crippen molar-refractivity contribution in [1.82, 2.24) is 9.38 Å². The van der Waals surface area contributed by atoms with Gasteiger partial charge in [-0.2, -0.15) is 0 Å². The zero-order valence-corrected chi connectivity index (χ0v) is 13.4. The summed E-state index contributed by atoms with van der Waals surface area (Å²) in [6, 6.07) is 7.14. The normalized spacial score (nSPS) is 11.8. The number of rotatable bonds is 4. The Balaban J connectivity index is 1.87. The standard InChI is InChI=1S/C12H10BrN3O2S2/c13-8-20(17,18)15-10-3-1-9(2-4-10)11-7-16-5-6-19-12(16)14-11/h1-7,15H,8H2. The first-order chi connectivity index (χ1) is 9.57. The molecule has 0 aliphatic rings. The lowest BCUT2D eigenvalue weighted by molar-refractivity contribution is 0.606. The fourth-order valence-electron chi connectivity index (χ4n) is 1.78. The lowest BCUT2D eigenvalue weighted by atomic mass is 10.1. The van der Waals surface area contributed by atoms with Gasteiger partial charge in [0.2, 0.25) is 10.0 Å². The number of alkyl halides is 1. The van der Waals surface area contributed by atoms with Crippen LogP contribution in [0.4, 0.5) is 5.69 Å². The van der Waals surface area contributed by atoms with Crippen molar-refractivity contribution in [2.24, 2.45) is 0 Å². The maximum atomic E-state index is 11.4. The van der Waals surface area contributed by atoms with Crippen LogP contribution in [0.5, 0.6) is 0 Å². The molecule has 0 amide bonds. The van der Waals surface area contributed by atoms with Crippen LogP contribution in [0.3, 0.4) is 0 Å². The van der Waals surface area contributed by atoms with Gasteiger partial charge in [0.1, 0.15) is 4.66 Å². The second kappa shape index (κ2) is 5.19. The lowest BCUT2D eigenvalue weighted by Crippen LogP contribution is -2.12. The van der Waals surface area contributed by atoms with Crippen LogP contribution in [0.1, 0.15) is 0 Å². The molecule has 5 nitrogen and oxygen atoms in total. The van der Waals surface area contributed by atoms with Crippen LogP contribution in [0.25, 0.3) is 16.2 Å². The third-order valence-corrected chi connectivity index (χ3v) is 6.10. The lowest BCUT2D eigenvalue weighted by Gasteiger charge is -2.05. The minimum absolute atomic E-state index is 0.126. The Hall–Kier alpha value is -1.38. The van der Waals surface area contributed by atoms with Gasteiger partial charge in [0.05, 0.1) is 5.69 Å². The van der Waals surface area contributed by atoms with E-state index in [0.717, 1.165) is 16.2 Å². The number of nitrogens with zero attached hydrogens (tertiary/aromatic N) is 2. The van der Waals surface area contributed by atoms with E-state index < -0.39 is 10.0 Å². The molecule has 1 N–H and O–H groups in total. The van der Waals surface area contributed by atoms with Crippen molar-refractivity contribution in [1.29, 1.82) is 0 Å². The molecule has 0 bridgehead atoms. The fourth-order valence-corrected chi connectivity index (χ4v) is 3.38. The molecule has 104 valence electrons. The van der Waals surface area contributed by atoms with Gasteiger partial charge in [0.25, 0.3) is 0 Å². The molecule has 0 spiro atoms. The molecule has 0 aliphatic carbocycles. The molecule has 20 heavy (non-hydrogen) atoms. The number of nitrogens with one attached hydrogen (secondary N) is 1. The number of halogens is 1.